The van der Waals surface area contributed by atoms with Crippen LogP contribution in [-0.2, 0) is 6.54 Å². The van der Waals surface area contributed by atoms with Gasteiger partial charge in [-0.2, -0.15) is 0 Å². The molecule has 2 aromatic rings. The average Bonchev–Trinajstić information content (AvgIpc) is 2.22. The van der Waals surface area contributed by atoms with Crippen molar-refractivity contribution in [1.29, 1.82) is 0 Å². The molecule has 0 saturated heterocycles. The molecule has 1 aromatic carbocycles. The fourth-order valence-corrected chi connectivity index (χ4v) is 1.57. The minimum atomic E-state index is -0.548. The number of hydrogen-bond acceptors (Lipinski definition) is 1. The second-order valence-corrected chi connectivity index (χ2v) is 3.37. The van der Waals surface area contributed by atoms with Crippen molar-refractivity contribution in [2.45, 2.75) is 13.5 Å². The molecule has 1 aromatic heterocycles. The molecule has 2 nitrogen and oxygen atoms in total. The predicted octanol–water partition coefficient (Wildman–Crippen LogP) is 0.954. The van der Waals surface area contributed by atoms with Gasteiger partial charge in [-0.1, -0.05) is 11.5 Å². The van der Waals surface area contributed by atoms with Gasteiger partial charge in [-0.15, -0.1) is 0 Å². The van der Waals surface area contributed by atoms with Crippen LogP contribution in [0.15, 0.2) is 29.2 Å². The lowest BCUT2D eigenvalue weighted by Gasteiger charge is -2.05. The Morgan fingerprint density at radius 1 is 1.47 bits per heavy atom. The molecule has 0 atom stereocenters. The van der Waals surface area contributed by atoms with Crippen molar-refractivity contribution in [1.82, 2.24) is 4.57 Å². The highest BCUT2D eigenvalue weighted by Crippen LogP contribution is 2.09. The Morgan fingerprint density at radius 3 is 2.87 bits per heavy atom. The molecular formula is C11H9BFNO. The topological polar surface area (TPSA) is 22.0 Å². The van der Waals surface area contributed by atoms with Gasteiger partial charge in [0.15, 0.2) is 0 Å². The highest BCUT2D eigenvalue weighted by molar-refractivity contribution is 6.33. The average molecular weight is 201 g/mol. The first-order valence-electron chi connectivity index (χ1n) is 4.71. The van der Waals surface area contributed by atoms with Gasteiger partial charge in [0.05, 0.1) is 5.39 Å². The first-order valence-corrected chi connectivity index (χ1v) is 4.71. The van der Waals surface area contributed by atoms with E-state index in [1.54, 1.807) is 12.3 Å². The van der Waals surface area contributed by atoms with Gasteiger partial charge in [0.25, 0.3) is 5.56 Å². The molecule has 0 spiro atoms. The number of aryl methyl sites for hydroxylation is 1. The van der Waals surface area contributed by atoms with Crippen LogP contribution in [-0.4, -0.2) is 12.4 Å². The lowest BCUT2D eigenvalue weighted by Crippen LogP contribution is -2.20. The van der Waals surface area contributed by atoms with Gasteiger partial charge in [-0.25, -0.2) is 4.39 Å². The molecule has 0 aliphatic rings. The van der Waals surface area contributed by atoms with Crippen LogP contribution in [0.5, 0.6) is 0 Å². The van der Waals surface area contributed by atoms with Gasteiger partial charge in [-0.3, -0.25) is 4.79 Å². The summed E-state index contributed by atoms with van der Waals surface area (Å²) in [6.45, 7) is 2.43. The maximum atomic E-state index is 13.2. The summed E-state index contributed by atoms with van der Waals surface area (Å²) < 4.78 is 14.7. The fourth-order valence-electron chi connectivity index (χ4n) is 1.57. The van der Waals surface area contributed by atoms with E-state index >= 15 is 0 Å². The van der Waals surface area contributed by atoms with Gasteiger partial charge in [0.1, 0.15) is 13.7 Å². The van der Waals surface area contributed by atoms with E-state index < -0.39 is 5.82 Å². The minimum absolute atomic E-state index is 0.0659. The van der Waals surface area contributed by atoms with E-state index in [0.717, 1.165) is 0 Å². The van der Waals surface area contributed by atoms with E-state index in [4.69, 9.17) is 7.85 Å². The summed E-state index contributed by atoms with van der Waals surface area (Å²) in [5.41, 5.74) is -0.120. The number of hydrogen-bond donors (Lipinski definition) is 0. The van der Waals surface area contributed by atoms with E-state index in [1.165, 1.54) is 16.7 Å². The molecule has 15 heavy (non-hydrogen) atoms. The third kappa shape index (κ3) is 1.56. The zero-order valence-electron chi connectivity index (χ0n) is 8.33. The number of rotatable bonds is 1. The highest BCUT2D eigenvalue weighted by atomic mass is 19.1. The molecule has 1 heterocycles. The van der Waals surface area contributed by atoms with Crippen LogP contribution in [0.2, 0.25) is 0 Å². The molecule has 0 amide bonds. The molecule has 2 rings (SSSR count). The Labute approximate surface area is 87.8 Å². The normalized spacial score (nSPS) is 10.8. The monoisotopic (exact) mass is 201 g/mol. The maximum absolute atomic E-state index is 13.2. The van der Waals surface area contributed by atoms with Gasteiger partial charge in [0.2, 0.25) is 0 Å². The Kier molecular flexibility index (Phi) is 2.35. The van der Waals surface area contributed by atoms with Crippen LogP contribution in [0.25, 0.3) is 10.8 Å². The zero-order valence-corrected chi connectivity index (χ0v) is 8.33. The molecule has 74 valence electrons. The van der Waals surface area contributed by atoms with Crippen LogP contribution < -0.4 is 11.0 Å². The largest absolute Gasteiger partial charge is 0.315 e. The standard InChI is InChI=1S/C11H9BFNO/c1-2-14-4-3-7-5-9(12)10(13)6-8(7)11(14)15/h3-6H,2H2,1H3. The van der Waals surface area contributed by atoms with Crippen molar-refractivity contribution in [2.24, 2.45) is 0 Å². The van der Waals surface area contributed by atoms with Gasteiger partial charge in [-0.05, 0) is 24.4 Å². The Bertz CT molecular complexity index is 577. The first kappa shape index (κ1) is 9.96. The van der Waals surface area contributed by atoms with E-state index in [-0.39, 0.29) is 11.0 Å². The molecule has 0 saturated carbocycles. The number of fused-ring (bicyclic) bond motifs is 1. The fraction of sp³-hybridized carbons (Fsp3) is 0.182. The minimum Gasteiger partial charge on any atom is -0.315 e. The van der Waals surface area contributed by atoms with Crippen molar-refractivity contribution in [3.8, 4) is 0 Å². The molecule has 0 fully saturated rings. The van der Waals surface area contributed by atoms with Crippen molar-refractivity contribution >= 4 is 24.1 Å². The SMILES string of the molecule is [B]c1cc2ccn(CC)c(=O)c2cc1F. The smallest absolute Gasteiger partial charge is 0.258 e. The molecular weight excluding hydrogens is 192 g/mol. The van der Waals surface area contributed by atoms with Crippen molar-refractivity contribution < 1.29 is 4.39 Å². The molecule has 0 unspecified atom stereocenters. The van der Waals surface area contributed by atoms with E-state index in [2.05, 4.69) is 0 Å². The number of aromatic nitrogens is 1. The van der Waals surface area contributed by atoms with E-state index in [0.29, 0.717) is 17.3 Å². The summed E-state index contributed by atoms with van der Waals surface area (Å²) in [7, 11) is 5.42. The van der Waals surface area contributed by atoms with Crippen molar-refractivity contribution in [3.63, 3.8) is 0 Å². The van der Waals surface area contributed by atoms with Crippen LogP contribution in [0.4, 0.5) is 4.39 Å². The lowest BCUT2D eigenvalue weighted by molar-refractivity contribution is 0.637. The van der Waals surface area contributed by atoms with Gasteiger partial charge in [0, 0.05) is 12.7 Å². The summed E-state index contributed by atoms with van der Waals surface area (Å²) in [5, 5.41) is 1.04. The van der Waals surface area contributed by atoms with E-state index in [9.17, 15) is 9.18 Å². The van der Waals surface area contributed by atoms with Crippen molar-refractivity contribution in [3.05, 3.63) is 40.6 Å². The Balaban J connectivity index is 2.88. The number of halogens is 1. The van der Waals surface area contributed by atoms with Crippen LogP contribution >= 0.6 is 0 Å². The second-order valence-electron chi connectivity index (χ2n) is 3.37. The lowest BCUT2D eigenvalue weighted by atomic mass is 9.93. The summed E-state index contributed by atoms with van der Waals surface area (Å²) in [4.78, 5) is 11.8. The predicted molar refractivity (Wildman–Crippen MR) is 59.2 cm³/mol. The number of pyridine rings is 1. The number of benzene rings is 1. The molecule has 0 N–H and O–H groups in total. The van der Waals surface area contributed by atoms with Gasteiger partial charge < -0.3 is 4.57 Å². The summed E-state index contributed by atoms with van der Waals surface area (Å²) in [6.07, 6.45) is 1.68. The van der Waals surface area contributed by atoms with Crippen LogP contribution in [0.3, 0.4) is 0 Å². The second kappa shape index (κ2) is 3.53. The molecule has 2 radical (unpaired) electrons. The van der Waals surface area contributed by atoms with Crippen LogP contribution in [0.1, 0.15) is 6.92 Å². The molecule has 0 aliphatic heterocycles. The molecule has 4 heteroatoms. The third-order valence-corrected chi connectivity index (χ3v) is 2.43. The molecule has 0 aliphatic carbocycles. The number of nitrogens with zero attached hydrogens (tertiary/aromatic N) is 1. The summed E-state index contributed by atoms with van der Waals surface area (Å²) in [5.74, 6) is -0.548. The Hall–Kier alpha value is -1.58. The van der Waals surface area contributed by atoms with Crippen molar-refractivity contribution in [2.75, 3.05) is 0 Å². The molecule has 0 bridgehead atoms. The van der Waals surface area contributed by atoms with E-state index in [1.807, 2.05) is 6.92 Å². The first-order chi connectivity index (χ1) is 7.13. The van der Waals surface area contributed by atoms with Gasteiger partial charge >= 0.3 is 0 Å². The summed E-state index contributed by atoms with van der Waals surface area (Å²) in [6, 6.07) is 4.43. The quantitative estimate of drug-likeness (QED) is 0.629. The third-order valence-electron chi connectivity index (χ3n) is 2.43. The Morgan fingerprint density at radius 2 is 2.20 bits per heavy atom. The zero-order chi connectivity index (χ0) is 11.0. The maximum Gasteiger partial charge on any atom is 0.258 e. The summed E-state index contributed by atoms with van der Waals surface area (Å²) >= 11 is 0. The highest BCUT2D eigenvalue weighted by Gasteiger charge is 2.05. The van der Waals surface area contributed by atoms with Crippen LogP contribution in [0, 0.1) is 5.82 Å².